The van der Waals surface area contributed by atoms with Gasteiger partial charge in [0.05, 0.1) is 12.1 Å². The van der Waals surface area contributed by atoms with Crippen LogP contribution in [0.4, 0.5) is 0 Å². The maximum Gasteiger partial charge on any atom is 0.241 e. The Labute approximate surface area is 128 Å². The average molecular weight is 308 g/mol. The van der Waals surface area contributed by atoms with Gasteiger partial charge in [0.25, 0.3) is 0 Å². The summed E-state index contributed by atoms with van der Waals surface area (Å²) >= 11 is 5.97. The van der Waals surface area contributed by atoms with E-state index in [2.05, 4.69) is 15.0 Å². The number of piperidine rings is 1. The Balaban J connectivity index is 1.66. The molecule has 0 amide bonds. The molecule has 1 saturated heterocycles. The van der Waals surface area contributed by atoms with Crippen LogP contribution in [-0.4, -0.2) is 38.8 Å². The highest BCUT2D eigenvalue weighted by atomic mass is 35.5. The molecule has 1 aliphatic heterocycles. The highest BCUT2D eigenvalue weighted by Gasteiger charge is 2.28. The molecule has 1 fully saturated rings. The van der Waals surface area contributed by atoms with Gasteiger partial charge in [-0.15, -0.1) is 0 Å². The minimum Gasteiger partial charge on any atom is -0.390 e. The lowest BCUT2D eigenvalue weighted by molar-refractivity contribution is -0.00944. The van der Waals surface area contributed by atoms with Gasteiger partial charge in [-0.05, 0) is 31.9 Å². The number of hydrogen-bond acceptors (Lipinski definition) is 5. The van der Waals surface area contributed by atoms with Crippen LogP contribution < -0.4 is 0 Å². The molecular weight excluding hydrogens is 290 g/mol. The molecule has 1 N–H and O–H groups in total. The zero-order chi connectivity index (χ0) is 14.9. The lowest BCUT2D eigenvalue weighted by atomic mass is 9.94. The van der Waals surface area contributed by atoms with Crippen molar-refractivity contribution >= 4 is 11.6 Å². The van der Waals surface area contributed by atoms with E-state index < -0.39 is 5.60 Å². The van der Waals surface area contributed by atoms with Gasteiger partial charge < -0.3 is 9.63 Å². The molecular formula is C15H18ClN3O2. The van der Waals surface area contributed by atoms with Crippen molar-refractivity contribution in [2.45, 2.75) is 31.9 Å². The summed E-state index contributed by atoms with van der Waals surface area (Å²) in [5.41, 5.74) is 0.302. The number of likely N-dealkylation sites (tertiary alicyclic amines) is 1. The van der Waals surface area contributed by atoms with E-state index in [1.54, 1.807) is 0 Å². The molecule has 0 unspecified atom stereocenters. The summed E-state index contributed by atoms with van der Waals surface area (Å²) in [5.74, 6) is 1.14. The summed E-state index contributed by atoms with van der Waals surface area (Å²) in [6.45, 7) is 4.17. The lowest BCUT2D eigenvalue weighted by Gasteiger charge is -2.34. The maximum absolute atomic E-state index is 9.95. The van der Waals surface area contributed by atoms with Crippen molar-refractivity contribution in [2.75, 3.05) is 13.1 Å². The largest absolute Gasteiger partial charge is 0.390 e. The van der Waals surface area contributed by atoms with E-state index in [-0.39, 0.29) is 0 Å². The van der Waals surface area contributed by atoms with Crippen molar-refractivity contribution in [1.29, 1.82) is 0 Å². The van der Waals surface area contributed by atoms with Crippen LogP contribution in [0.2, 0.25) is 5.02 Å². The zero-order valence-corrected chi connectivity index (χ0v) is 12.7. The number of benzene rings is 1. The maximum atomic E-state index is 9.95. The van der Waals surface area contributed by atoms with Crippen LogP contribution in [0.15, 0.2) is 28.8 Å². The van der Waals surface area contributed by atoms with E-state index in [9.17, 15) is 5.11 Å². The summed E-state index contributed by atoms with van der Waals surface area (Å²) in [4.78, 5) is 6.63. The van der Waals surface area contributed by atoms with Gasteiger partial charge in [0.1, 0.15) is 0 Å². The smallest absolute Gasteiger partial charge is 0.241 e. The van der Waals surface area contributed by atoms with Crippen molar-refractivity contribution in [3.05, 3.63) is 35.2 Å². The van der Waals surface area contributed by atoms with Crippen LogP contribution in [0.25, 0.3) is 11.4 Å². The Morgan fingerprint density at radius 3 is 2.86 bits per heavy atom. The zero-order valence-electron chi connectivity index (χ0n) is 11.9. The molecule has 5 nitrogen and oxygen atoms in total. The van der Waals surface area contributed by atoms with E-state index in [1.165, 1.54) is 0 Å². The van der Waals surface area contributed by atoms with Crippen molar-refractivity contribution in [3.8, 4) is 11.4 Å². The van der Waals surface area contributed by atoms with Crippen LogP contribution in [0.3, 0.4) is 0 Å². The Bertz CT molecular complexity index is 617. The first-order chi connectivity index (χ1) is 10.0. The van der Waals surface area contributed by atoms with Gasteiger partial charge in [-0.2, -0.15) is 4.98 Å². The Kier molecular flexibility index (Phi) is 3.97. The highest BCUT2D eigenvalue weighted by Crippen LogP contribution is 2.23. The molecule has 2 aromatic rings. The molecule has 3 rings (SSSR count). The molecule has 0 bridgehead atoms. The number of hydrogen-bond donors (Lipinski definition) is 1. The second-order valence-corrected chi connectivity index (χ2v) is 6.23. The molecule has 0 radical (unpaired) electrons. The number of halogens is 1. The second-order valence-electron chi connectivity index (χ2n) is 5.80. The molecule has 0 aliphatic carbocycles. The van der Waals surface area contributed by atoms with Gasteiger partial charge in [0.2, 0.25) is 11.7 Å². The van der Waals surface area contributed by atoms with E-state index in [0.717, 1.165) is 31.5 Å². The molecule has 0 spiro atoms. The van der Waals surface area contributed by atoms with E-state index in [1.807, 2.05) is 31.2 Å². The normalized spacial score (nSPS) is 18.8. The summed E-state index contributed by atoms with van der Waals surface area (Å²) < 4.78 is 5.31. The number of aromatic nitrogens is 2. The fraction of sp³-hybridized carbons (Fsp3) is 0.467. The van der Waals surface area contributed by atoms with Gasteiger partial charge in [0, 0.05) is 23.7 Å². The predicted molar refractivity (Wildman–Crippen MR) is 79.9 cm³/mol. The van der Waals surface area contributed by atoms with Gasteiger partial charge in [-0.25, -0.2) is 0 Å². The van der Waals surface area contributed by atoms with Gasteiger partial charge in [-0.3, -0.25) is 4.90 Å². The number of rotatable bonds is 3. The van der Waals surface area contributed by atoms with E-state index in [4.69, 9.17) is 16.1 Å². The molecule has 1 aromatic carbocycles. The van der Waals surface area contributed by atoms with Gasteiger partial charge in [0.15, 0.2) is 0 Å². The minimum atomic E-state index is -0.544. The summed E-state index contributed by atoms with van der Waals surface area (Å²) in [6, 6.07) is 7.39. The van der Waals surface area contributed by atoms with Crippen molar-refractivity contribution in [1.82, 2.24) is 15.0 Å². The summed E-state index contributed by atoms with van der Waals surface area (Å²) in [6.07, 6.45) is 1.53. The third-order valence-corrected chi connectivity index (χ3v) is 4.08. The molecule has 1 aromatic heterocycles. The fourth-order valence-corrected chi connectivity index (χ4v) is 2.64. The van der Waals surface area contributed by atoms with E-state index >= 15 is 0 Å². The highest BCUT2D eigenvalue weighted by molar-refractivity contribution is 6.30. The lowest BCUT2D eigenvalue weighted by Crippen LogP contribution is -2.42. The molecule has 1 aliphatic rings. The third-order valence-electron chi connectivity index (χ3n) is 3.84. The van der Waals surface area contributed by atoms with Crippen LogP contribution in [0.5, 0.6) is 0 Å². The van der Waals surface area contributed by atoms with Gasteiger partial charge >= 0.3 is 0 Å². The average Bonchev–Trinajstić information content (AvgIpc) is 2.90. The van der Waals surface area contributed by atoms with E-state index in [0.29, 0.717) is 23.3 Å². The van der Waals surface area contributed by atoms with Crippen molar-refractivity contribution in [3.63, 3.8) is 0 Å². The Hall–Kier alpha value is -1.43. The van der Waals surface area contributed by atoms with Crippen molar-refractivity contribution in [2.24, 2.45) is 0 Å². The Morgan fingerprint density at radius 1 is 1.38 bits per heavy atom. The molecule has 0 atom stereocenters. The molecule has 2 heterocycles. The third kappa shape index (κ3) is 3.61. The van der Waals surface area contributed by atoms with Crippen molar-refractivity contribution < 1.29 is 9.63 Å². The van der Waals surface area contributed by atoms with Crippen LogP contribution in [-0.2, 0) is 6.54 Å². The second kappa shape index (κ2) is 5.75. The predicted octanol–water partition coefficient (Wildman–Crippen LogP) is 2.74. The SMILES string of the molecule is CC1(O)CCN(Cc2nc(-c3cccc(Cl)c3)no2)CC1. The quantitative estimate of drug-likeness (QED) is 0.944. The Morgan fingerprint density at radius 2 is 2.14 bits per heavy atom. The first-order valence-corrected chi connectivity index (χ1v) is 7.43. The summed E-state index contributed by atoms with van der Waals surface area (Å²) in [7, 11) is 0. The minimum absolute atomic E-state index is 0.544. The number of aliphatic hydroxyl groups is 1. The van der Waals surface area contributed by atoms with Crippen LogP contribution >= 0.6 is 11.6 Å². The van der Waals surface area contributed by atoms with Gasteiger partial charge in [-0.1, -0.05) is 28.9 Å². The first-order valence-electron chi connectivity index (χ1n) is 7.05. The fourth-order valence-electron chi connectivity index (χ4n) is 2.45. The van der Waals surface area contributed by atoms with Crippen LogP contribution in [0, 0.1) is 0 Å². The monoisotopic (exact) mass is 307 g/mol. The standard InChI is InChI=1S/C15H18ClN3O2/c1-15(20)5-7-19(8-6-15)10-13-17-14(18-21-13)11-3-2-4-12(16)9-11/h2-4,9,20H,5-8,10H2,1H3. The molecule has 6 heteroatoms. The van der Waals surface area contributed by atoms with Crippen LogP contribution in [0.1, 0.15) is 25.7 Å². The number of nitrogens with zero attached hydrogens (tertiary/aromatic N) is 3. The molecule has 112 valence electrons. The summed E-state index contributed by atoms with van der Waals surface area (Å²) in [5, 5.41) is 14.6. The molecule has 0 saturated carbocycles. The topological polar surface area (TPSA) is 62.4 Å². The first kappa shape index (κ1) is 14.5. The molecule has 21 heavy (non-hydrogen) atoms.